The van der Waals surface area contributed by atoms with Crippen LogP contribution in [0.1, 0.15) is 33.1 Å². The third-order valence-electron chi connectivity index (χ3n) is 3.84. The maximum Gasteiger partial charge on any atom is 0.130 e. The molecule has 0 saturated carbocycles. The van der Waals surface area contributed by atoms with Crippen LogP contribution >= 0.6 is 15.9 Å². The van der Waals surface area contributed by atoms with Crippen molar-refractivity contribution in [3.8, 4) is 6.07 Å². The highest BCUT2D eigenvalue weighted by molar-refractivity contribution is 9.10. The molecule has 3 nitrogen and oxygen atoms in total. The van der Waals surface area contributed by atoms with Crippen LogP contribution in [0.25, 0.3) is 0 Å². The molecule has 0 radical (unpaired) electrons. The van der Waals surface area contributed by atoms with Gasteiger partial charge in [-0.05, 0) is 37.6 Å². The summed E-state index contributed by atoms with van der Waals surface area (Å²) in [6, 6.07) is 10.4. The van der Waals surface area contributed by atoms with Gasteiger partial charge in [-0.2, -0.15) is 5.26 Å². The van der Waals surface area contributed by atoms with E-state index in [1.165, 1.54) is 0 Å². The van der Waals surface area contributed by atoms with Crippen molar-refractivity contribution < 1.29 is 4.74 Å². The van der Waals surface area contributed by atoms with Gasteiger partial charge in [0.1, 0.15) is 5.54 Å². The van der Waals surface area contributed by atoms with E-state index in [4.69, 9.17) is 4.74 Å². The summed E-state index contributed by atoms with van der Waals surface area (Å²) in [7, 11) is 0. The minimum Gasteiger partial charge on any atom is -0.375 e. The van der Waals surface area contributed by atoms with E-state index in [1.807, 2.05) is 24.3 Å². The molecular formula is C15H19BrN2O. The molecule has 1 aliphatic heterocycles. The molecular weight excluding hydrogens is 304 g/mol. The average Bonchev–Trinajstić information content (AvgIpc) is 2.42. The van der Waals surface area contributed by atoms with Gasteiger partial charge in [-0.1, -0.05) is 22.9 Å². The molecule has 1 fully saturated rings. The van der Waals surface area contributed by atoms with E-state index in [2.05, 4.69) is 41.2 Å². The van der Waals surface area contributed by atoms with Gasteiger partial charge < -0.3 is 10.1 Å². The number of nitrogens with zero attached hydrogens (tertiary/aromatic N) is 1. The normalized spacial score (nSPS) is 30.6. The van der Waals surface area contributed by atoms with Crippen LogP contribution in [-0.4, -0.2) is 17.7 Å². The zero-order valence-electron chi connectivity index (χ0n) is 11.4. The number of hydrogen-bond donors (Lipinski definition) is 1. The molecule has 1 heterocycles. The van der Waals surface area contributed by atoms with Gasteiger partial charge in [0, 0.05) is 23.0 Å². The highest BCUT2D eigenvalue weighted by Gasteiger charge is 2.42. The zero-order valence-corrected chi connectivity index (χ0v) is 13.0. The molecule has 19 heavy (non-hydrogen) atoms. The Hall–Kier alpha value is -1.05. The second-order valence-corrected chi connectivity index (χ2v) is 6.32. The summed E-state index contributed by atoms with van der Waals surface area (Å²) < 4.78 is 6.87. The summed E-state index contributed by atoms with van der Waals surface area (Å²) in [4.78, 5) is 0. The van der Waals surface area contributed by atoms with Crippen LogP contribution in [0.3, 0.4) is 0 Å². The van der Waals surface area contributed by atoms with Crippen molar-refractivity contribution in [1.82, 2.24) is 0 Å². The van der Waals surface area contributed by atoms with Crippen LogP contribution in [0, 0.1) is 11.3 Å². The van der Waals surface area contributed by atoms with Crippen molar-refractivity contribution in [1.29, 1.82) is 5.26 Å². The van der Waals surface area contributed by atoms with E-state index in [9.17, 15) is 5.26 Å². The summed E-state index contributed by atoms with van der Waals surface area (Å²) in [5.41, 5.74) is 0.234. The first kappa shape index (κ1) is 14.4. The molecule has 4 heteroatoms. The number of anilines is 1. The maximum atomic E-state index is 9.61. The molecule has 1 saturated heterocycles. The fraction of sp³-hybridized carbons (Fsp3) is 0.533. The highest BCUT2D eigenvalue weighted by atomic mass is 79.9. The topological polar surface area (TPSA) is 45.0 Å². The summed E-state index contributed by atoms with van der Waals surface area (Å²) in [6.07, 6.45) is 2.34. The standard InChI is InChI=1S/C15H19BrN2O/c1-3-14(2)10-15(11-17,8-9-19-14)18-13-6-4-12(16)5-7-13/h4-7,18H,3,8-10H2,1-2H3. The number of rotatable bonds is 3. The Morgan fingerprint density at radius 2 is 2.11 bits per heavy atom. The maximum absolute atomic E-state index is 9.61. The second kappa shape index (κ2) is 5.52. The van der Waals surface area contributed by atoms with Gasteiger partial charge in [0.25, 0.3) is 0 Å². The number of nitrogens with one attached hydrogen (secondary N) is 1. The number of ether oxygens (including phenoxy) is 1. The third-order valence-corrected chi connectivity index (χ3v) is 4.37. The fourth-order valence-electron chi connectivity index (χ4n) is 2.52. The molecule has 102 valence electrons. The van der Waals surface area contributed by atoms with Gasteiger partial charge in [-0.15, -0.1) is 0 Å². The lowest BCUT2D eigenvalue weighted by molar-refractivity contribution is -0.0809. The predicted molar refractivity (Wildman–Crippen MR) is 80.0 cm³/mol. The van der Waals surface area contributed by atoms with E-state index in [0.717, 1.165) is 23.0 Å². The van der Waals surface area contributed by atoms with Gasteiger partial charge in [-0.3, -0.25) is 0 Å². The van der Waals surface area contributed by atoms with Crippen molar-refractivity contribution in [3.05, 3.63) is 28.7 Å². The molecule has 0 aliphatic carbocycles. The molecule has 0 aromatic heterocycles. The smallest absolute Gasteiger partial charge is 0.130 e. The Morgan fingerprint density at radius 3 is 2.68 bits per heavy atom. The van der Waals surface area contributed by atoms with Crippen LogP contribution in [0.15, 0.2) is 28.7 Å². The van der Waals surface area contributed by atoms with Crippen LogP contribution in [0.2, 0.25) is 0 Å². The molecule has 2 unspecified atom stereocenters. The molecule has 1 aliphatic rings. The fourth-order valence-corrected chi connectivity index (χ4v) is 2.78. The summed E-state index contributed by atoms with van der Waals surface area (Å²) in [6.45, 7) is 4.82. The van der Waals surface area contributed by atoms with Crippen LogP contribution < -0.4 is 5.32 Å². The van der Waals surface area contributed by atoms with Gasteiger partial charge in [0.15, 0.2) is 0 Å². The van der Waals surface area contributed by atoms with Crippen molar-refractivity contribution in [2.24, 2.45) is 0 Å². The lowest BCUT2D eigenvalue weighted by Crippen LogP contribution is -2.50. The predicted octanol–water partition coefficient (Wildman–Crippen LogP) is 4.10. The second-order valence-electron chi connectivity index (χ2n) is 5.40. The summed E-state index contributed by atoms with van der Waals surface area (Å²) in [5.74, 6) is 0. The van der Waals surface area contributed by atoms with Crippen LogP contribution in [0.4, 0.5) is 5.69 Å². The van der Waals surface area contributed by atoms with E-state index >= 15 is 0 Å². The number of benzene rings is 1. The quantitative estimate of drug-likeness (QED) is 0.911. The molecule has 1 aromatic carbocycles. The first-order valence-electron chi connectivity index (χ1n) is 6.60. The van der Waals surface area contributed by atoms with E-state index < -0.39 is 5.54 Å². The van der Waals surface area contributed by atoms with E-state index in [1.54, 1.807) is 0 Å². The van der Waals surface area contributed by atoms with Crippen molar-refractivity contribution in [2.45, 2.75) is 44.2 Å². The molecule has 2 rings (SSSR count). The number of halogens is 1. The zero-order chi connectivity index (χ0) is 13.9. The monoisotopic (exact) mass is 322 g/mol. The molecule has 1 N–H and O–H groups in total. The van der Waals surface area contributed by atoms with E-state index in [-0.39, 0.29) is 5.60 Å². The largest absolute Gasteiger partial charge is 0.375 e. The lowest BCUT2D eigenvalue weighted by Gasteiger charge is -2.43. The minimum absolute atomic E-state index is 0.212. The Balaban J connectivity index is 2.19. The Kier molecular flexibility index (Phi) is 4.17. The van der Waals surface area contributed by atoms with Crippen LogP contribution in [-0.2, 0) is 4.74 Å². The first-order chi connectivity index (χ1) is 9.01. The molecule has 0 spiro atoms. The van der Waals surface area contributed by atoms with Gasteiger partial charge in [-0.25, -0.2) is 0 Å². The lowest BCUT2D eigenvalue weighted by atomic mass is 9.80. The van der Waals surface area contributed by atoms with Gasteiger partial charge in [0.05, 0.1) is 18.3 Å². The van der Waals surface area contributed by atoms with E-state index in [0.29, 0.717) is 13.0 Å². The average molecular weight is 323 g/mol. The minimum atomic E-state index is -0.531. The van der Waals surface area contributed by atoms with Gasteiger partial charge in [0.2, 0.25) is 0 Å². The number of hydrogen-bond acceptors (Lipinski definition) is 3. The van der Waals surface area contributed by atoms with Crippen molar-refractivity contribution in [2.75, 3.05) is 11.9 Å². The van der Waals surface area contributed by atoms with Crippen molar-refractivity contribution in [3.63, 3.8) is 0 Å². The third kappa shape index (κ3) is 3.29. The number of nitriles is 1. The highest BCUT2D eigenvalue weighted by Crippen LogP contribution is 2.36. The Morgan fingerprint density at radius 1 is 1.42 bits per heavy atom. The molecule has 0 bridgehead atoms. The summed E-state index contributed by atoms with van der Waals surface area (Å²) in [5, 5.41) is 13.0. The summed E-state index contributed by atoms with van der Waals surface area (Å²) >= 11 is 3.42. The molecule has 0 amide bonds. The molecule has 1 aromatic rings. The molecule has 2 atom stereocenters. The Labute approximate surface area is 123 Å². The SMILES string of the molecule is CCC1(C)CC(C#N)(Nc2ccc(Br)cc2)CCO1. The van der Waals surface area contributed by atoms with Crippen LogP contribution in [0.5, 0.6) is 0 Å². The Bertz CT molecular complexity index is 482. The first-order valence-corrected chi connectivity index (χ1v) is 7.39. The van der Waals surface area contributed by atoms with Crippen molar-refractivity contribution >= 4 is 21.6 Å². The van der Waals surface area contributed by atoms with Gasteiger partial charge >= 0.3 is 0 Å².